The third-order valence-corrected chi connectivity index (χ3v) is 3.75. The van der Waals surface area contributed by atoms with E-state index in [0.717, 1.165) is 22.7 Å². The highest BCUT2D eigenvalue weighted by Crippen LogP contribution is 2.36. The van der Waals surface area contributed by atoms with Crippen LogP contribution in [-0.4, -0.2) is 27.1 Å². The van der Waals surface area contributed by atoms with Crippen LogP contribution >= 0.6 is 11.6 Å². The monoisotopic (exact) mass is 345 g/mol. The maximum Gasteiger partial charge on any atom is 0.160 e. The average Bonchev–Trinajstić information content (AvgIpc) is 2.83. The summed E-state index contributed by atoms with van der Waals surface area (Å²) in [5.41, 5.74) is 2.14. The average molecular weight is 346 g/mol. The number of nitrogens with one attached hydrogen (secondary N) is 1. The number of anilines is 1. The molecule has 2 aromatic heterocycles. The first-order valence-electron chi connectivity index (χ1n) is 7.61. The minimum Gasteiger partial charge on any atom is -0.504 e. The Morgan fingerprint density at radius 2 is 1.96 bits per heavy atom. The Balaban J connectivity index is 2.23. The van der Waals surface area contributed by atoms with Crippen LogP contribution in [0.3, 0.4) is 0 Å². The summed E-state index contributed by atoms with van der Waals surface area (Å²) >= 11 is 6.15. The van der Waals surface area contributed by atoms with Gasteiger partial charge in [0.15, 0.2) is 11.5 Å². The Hall–Kier alpha value is -2.40. The fourth-order valence-electron chi connectivity index (χ4n) is 2.53. The molecular weight excluding hydrogens is 326 g/mol. The summed E-state index contributed by atoms with van der Waals surface area (Å²) in [4.78, 5) is 4.69. The number of nitrogens with zero attached hydrogens (tertiary/aromatic N) is 2. The van der Waals surface area contributed by atoms with E-state index in [4.69, 9.17) is 21.3 Å². The molecule has 0 aliphatic heterocycles. The number of phenolic OH excluding ortho intramolecular Hbond substituents is 1. The maximum absolute atomic E-state index is 10.1. The lowest BCUT2D eigenvalue weighted by molar-refractivity contribution is 0.373. The molecular formula is C18H20ClN3O2. The molecule has 5 nitrogen and oxygen atoms in total. The minimum atomic E-state index is -0.165. The first-order chi connectivity index (χ1) is 11.3. The lowest BCUT2D eigenvalue weighted by Gasteiger charge is -2.22. The summed E-state index contributed by atoms with van der Waals surface area (Å²) in [6.07, 6.45) is 1.82. The van der Waals surface area contributed by atoms with Crippen molar-refractivity contribution in [2.75, 3.05) is 12.4 Å². The van der Waals surface area contributed by atoms with Crippen molar-refractivity contribution in [3.8, 4) is 22.8 Å². The van der Waals surface area contributed by atoms with Crippen LogP contribution in [-0.2, 0) is 0 Å². The van der Waals surface area contributed by atoms with Gasteiger partial charge in [-0.25, -0.2) is 4.98 Å². The molecule has 2 heterocycles. The molecule has 0 radical (unpaired) electrons. The van der Waals surface area contributed by atoms with Crippen molar-refractivity contribution in [2.45, 2.75) is 26.3 Å². The van der Waals surface area contributed by atoms with Crippen LogP contribution in [0.4, 0.5) is 5.82 Å². The topological polar surface area (TPSA) is 58.8 Å². The van der Waals surface area contributed by atoms with Crippen molar-refractivity contribution in [3.05, 3.63) is 41.6 Å². The van der Waals surface area contributed by atoms with E-state index in [1.165, 1.54) is 7.11 Å². The van der Waals surface area contributed by atoms with Gasteiger partial charge in [-0.3, -0.25) is 4.40 Å². The normalized spacial score (nSPS) is 11.7. The number of phenols is 1. The zero-order valence-corrected chi connectivity index (χ0v) is 14.8. The number of benzene rings is 1. The van der Waals surface area contributed by atoms with Crippen LogP contribution in [0.15, 0.2) is 36.5 Å². The second-order valence-electron chi connectivity index (χ2n) is 6.65. The molecule has 2 N–H and O–H groups in total. The molecule has 3 aromatic rings. The van der Waals surface area contributed by atoms with Crippen molar-refractivity contribution in [3.63, 3.8) is 0 Å². The molecule has 1 aromatic carbocycles. The van der Waals surface area contributed by atoms with Gasteiger partial charge in [0.05, 0.1) is 12.1 Å². The van der Waals surface area contributed by atoms with Gasteiger partial charge in [-0.15, -0.1) is 0 Å². The Labute approximate surface area is 145 Å². The largest absolute Gasteiger partial charge is 0.504 e. The Kier molecular flexibility index (Phi) is 4.05. The lowest BCUT2D eigenvalue weighted by Crippen LogP contribution is -2.27. The highest BCUT2D eigenvalue weighted by atomic mass is 35.5. The van der Waals surface area contributed by atoms with Crippen LogP contribution in [0.1, 0.15) is 20.8 Å². The number of aromatic hydroxyl groups is 1. The molecule has 0 unspecified atom stereocenters. The highest BCUT2D eigenvalue weighted by molar-refractivity contribution is 6.30. The van der Waals surface area contributed by atoms with Crippen molar-refractivity contribution >= 4 is 23.1 Å². The van der Waals surface area contributed by atoms with E-state index in [9.17, 15) is 5.11 Å². The molecule has 0 spiro atoms. The van der Waals surface area contributed by atoms with Crippen molar-refractivity contribution in [2.24, 2.45) is 0 Å². The Morgan fingerprint density at radius 1 is 1.21 bits per heavy atom. The van der Waals surface area contributed by atoms with Crippen LogP contribution in [0, 0.1) is 0 Å². The van der Waals surface area contributed by atoms with E-state index >= 15 is 0 Å². The third kappa shape index (κ3) is 3.12. The minimum absolute atomic E-state index is 0.0757. The predicted octanol–water partition coefficient (Wildman–Crippen LogP) is 4.58. The molecule has 126 valence electrons. The number of methoxy groups -OCH3 is 1. The van der Waals surface area contributed by atoms with Crippen molar-refractivity contribution in [1.82, 2.24) is 9.38 Å². The zero-order chi connectivity index (χ0) is 17.5. The van der Waals surface area contributed by atoms with Crippen LogP contribution in [0.2, 0.25) is 5.02 Å². The molecule has 0 bridgehead atoms. The number of halogens is 1. The van der Waals surface area contributed by atoms with Crippen LogP contribution < -0.4 is 10.1 Å². The summed E-state index contributed by atoms with van der Waals surface area (Å²) < 4.78 is 7.03. The molecule has 0 saturated heterocycles. The molecule has 0 fully saturated rings. The van der Waals surface area contributed by atoms with E-state index in [-0.39, 0.29) is 11.3 Å². The van der Waals surface area contributed by atoms with E-state index in [1.807, 2.05) is 22.7 Å². The highest BCUT2D eigenvalue weighted by Gasteiger charge is 2.20. The van der Waals surface area contributed by atoms with Gasteiger partial charge in [0, 0.05) is 17.3 Å². The van der Waals surface area contributed by atoms with Gasteiger partial charge in [0.1, 0.15) is 17.2 Å². The summed E-state index contributed by atoms with van der Waals surface area (Å²) in [6.45, 7) is 6.23. The lowest BCUT2D eigenvalue weighted by atomic mass is 10.1. The van der Waals surface area contributed by atoms with Gasteiger partial charge in [0.2, 0.25) is 0 Å². The van der Waals surface area contributed by atoms with Gasteiger partial charge < -0.3 is 15.2 Å². The van der Waals surface area contributed by atoms with Crippen molar-refractivity contribution < 1.29 is 9.84 Å². The molecule has 0 aliphatic rings. The number of rotatable bonds is 3. The fraction of sp³-hybridized carbons (Fsp3) is 0.278. The molecule has 0 atom stereocenters. The number of hydrogen-bond acceptors (Lipinski definition) is 4. The number of pyridine rings is 1. The van der Waals surface area contributed by atoms with Crippen LogP contribution in [0.5, 0.6) is 11.5 Å². The zero-order valence-electron chi connectivity index (χ0n) is 14.1. The molecule has 0 aliphatic carbocycles. The Bertz CT molecular complexity index is 897. The van der Waals surface area contributed by atoms with Gasteiger partial charge >= 0.3 is 0 Å². The van der Waals surface area contributed by atoms with Gasteiger partial charge in [0.25, 0.3) is 0 Å². The summed E-state index contributed by atoms with van der Waals surface area (Å²) in [6, 6.07) is 8.91. The first-order valence-corrected chi connectivity index (χ1v) is 7.99. The third-order valence-electron chi connectivity index (χ3n) is 3.53. The molecule has 6 heteroatoms. The second-order valence-corrected chi connectivity index (χ2v) is 7.08. The summed E-state index contributed by atoms with van der Waals surface area (Å²) in [5.74, 6) is 1.33. The van der Waals surface area contributed by atoms with E-state index < -0.39 is 0 Å². The van der Waals surface area contributed by atoms with Gasteiger partial charge in [-0.05, 0) is 51.1 Å². The number of ether oxygens (including phenoxy) is 1. The summed E-state index contributed by atoms with van der Waals surface area (Å²) in [7, 11) is 1.52. The van der Waals surface area contributed by atoms with Crippen molar-refractivity contribution in [1.29, 1.82) is 0 Å². The number of fused-ring (bicyclic) bond motifs is 1. The van der Waals surface area contributed by atoms with E-state index in [2.05, 4.69) is 26.1 Å². The fourth-order valence-corrected chi connectivity index (χ4v) is 2.69. The van der Waals surface area contributed by atoms with Gasteiger partial charge in [-0.2, -0.15) is 0 Å². The second kappa shape index (κ2) is 5.91. The standard InChI is InChI=1S/C18H20ClN3O2/c1-18(2,3)21-17-16(11-5-7-14(24-4)13(23)9-11)20-15-8-6-12(19)10-22(15)17/h5-10,21,23H,1-4H3. The van der Waals surface area contributed by atoms with E-state index in [0.29, 0.717) is 10.8 Å². The molecule has 3 rings (SSSR count). The molecule has 0 amide bonds. The maximum atomic E-state index is 10.1. The number of imidazole rings is 1. The number of aromatic nitrogens is 2. The molecule has 24 heavy (non-hydrogen) atoms. The van der Waals surface area contributed by atoms with Gasteiger partial charge in [-0.1, -0.05) is 11.6 Å². The Morgan fingerprint density at radius 3 is 2.58 bits per heavy atom. The smallest absolute Gasteiger partial charge is 0.160 e. The SMILES string of the molecule is COc1ccc(-c2nc3ccc(Cl)cn3c2NC(C)(C)C)cc1O. The quantitative estimate of drug-likeness (QED) is 0.729. The summed E-state index contributed by atoms with van der Waals surface area (Å²) in [5, 5.41) is 14.2. The first kappa shape index (κ1) is 16.5. The van der Waals surface area contributed by atoms with E-state index in [1.54, 1.807) is 18.2 Å². The molecule has 0 saturated carbocycles. The predicted molar refractivity (Wildman–Crippen MR) is 97.2 cm³/mol. The van der Waals surface area contributed by atoms with Crippen LogP contribution in [0.25, 0.3) is 16.9 Å². The number of hydrogen-bond donors (Lipinski definition) is 2.